The first-order valence-corrected chi connectivity index (χ1v) is 6.45. The van der Waals surface area contributed by atoms with Gasteiger partial charge in [-0.25, -0.2) is 4.63 Å². The van der Waals surface area contributed by atoms with Crippen LogP contribution in [0.3, 0.4) is 0 Å². The number of amides is 1. The van der Waals surface area contributed by atoms with Gasteiger partial charge in [0.15, 0.2) is 5.69 Å². The summed E-state index contributed by atoms with van der Waals surface area (Å²) in [5.41, 5.74) is 1.88. The van der Waals surface area contributed by atoms with Crippen LogP contribution < -0.4 is 4.74 Å². The third kappa shape index (κ3) is 2.03. The van der Waals surface area contributed by atoms with Crippen LogP contribution in [0.2, 0.25) is 0 Å². The Balaban J connectivity index is 1.82. The van der Waals surface area contributed by atoms with E-state index < -0.39 is 0 Å². The van der Waals surface area contributed by atoms with Gasteiger partial charge in [0.05, 0.1) is 13.2 Å². The average molecular weight is 273 g/mol. The van der Waals surface area contributed by atoms with E-state index in [2.05, 4.69) is 14.9 Å². The van der Waals surface area contributed by atoms with Gasteiger partial charge in [-0.1, -0.05) is 17.3 Å². The fourth-order valence-corrected chi connectivity index (χ4v) is 2.39. The van der Waals surface area contributed by atoms with E-state index in [0.717, 1.165) is 17.7 Å². The maximum absolute atomic E-state index is 12.4. The number of nitrogens with zero attached hydrogens (tertiary/aromatic N) is 3. The summed E-state index contributed by atoms with van der Waals surface area (Å²) in [6.07, 6.45) is 0.934. The van der Waals surface area contributed by atoms with Crippen LogP contribution in [-0.2, 0) is 0 Å². The molecule has 1 fully saturated rings. The zero-order chi connectivity index (χ0) is 14.1. The van der Waals surface area contributed by atoms with Crippen LogP contribution in [-0.4, -0.2) is 34.8 Å². The minimum Gasteiger partial charge on any atom is -0.497 e. The van der Waals surface area contributed by atoms with Crippen molar-refractivity contribution in [1.82, 2.24) is 15.2 Å². The molecular weight excluding hydrogens is 258 g/mol. The molecule has 0 radical (unpaired) electrons. The summed E-state index contributed by atoms with van der Waals surface area (Å²) >= 11 is 0. The number of aryl methyl sites for hydroxylation is 1. The molecule has 1 aromatic heterocycles. The van der Waals surface area contributed by atoms with Gasteiger partial charge in [0.1, 0.15) is 11.4 Å². The summed E-state index contributed by atoms with van der Waals surface area (Å²) in [4.78, 5) is 14.2. The van der Waals surface area contributed by atoms with E-state index in [9.17, 15) is 4.79 Å². The Hall–Kier alpha value is -2.37. The van der Waals surface area contributed by atoms with Gasteiger partial charge in [-0.15, -0.1) is 0 Å². The van der Waals surface area contributed by atoms with Crippen LogP contribution in [0.5, 0.6) is 5.75 Å². The number of methoxy groups -OCH3 is 1. The number of hydrogen-bond acceptors (Lipinski definition) is 5. The summed E-state index contributed by atoms with van der Waals surface area (Å²) in [5.74, 6) is 0.656. The lowest BCUT2D eigenvalue weighted by Crippen LogP contribution is -2.45. The highest BCUT2D eigenvalue weighted by molar-refractivity contribution is 5.93. The predicted octanol–water partition coefficient (Wildman–Crippen LogP) is 1.97. The second kappa shape index (κ2) is 4.96. The van der Waals surface area contributed by atoms with E-state index in [-0.39, 0.29) is 17.6 Å². The Bertz CT molecular complexity index is 638. The fraction of sp³-hybridized carbons (Fsp3) is 0.357. The van der Waals surface area contributed by atoms with Gasteiger partial charge in [-0.05, 0) is 36.2 Å². The molecule has 2 heterocycles. The van der Waals surface area contributed by atoms with Crippen molar-refractivity contribution in [1.29, 1.82) is 0 Å². The van der Waals surface area contributed by atoms with E-state index in [1.165, 1.54) is 0 Å². The summed E-state index contributed by atoms with van der Waals surface area (Å²) in [6.45, 7) is 2.43. The van der Waals surface area contributed by atoms with E-state index >= 15 is 0 Å². The minimum absolute atomic E-state index is 0.0636. The third-order valence-electron chi connectivity index (χ3n) is 3.61. The third-order valence-corrected chi connectivity index (χ3v) is 3.61. The molecule has 1 atom stereocenters. The molecule has 2 aromatic rings. The highest BCUT2D eigenvalue weighted by atomic mass is 16.6. The molecule has 0 saturated carbocycles. The van der Waals surface area contributed by atoms with E-state index in [1.807, 2.05) is 24.3 Å². The molecule has 1 aliphatic heterocycles. The molecule has 0 spiro atoms. The number of likely N-dealkylation sites (tertiary alicyclic amines) is 1. The van der Waals surface area contributed by atoms with Gasteiger partial charge in [-0.3, -0.25) is 4.79 Å². The molecule has 1 saturated heterocycles. The molecule has 3 rings (SSSR count). The largest absolute Gasteiger partial charge is 0.497 e. The quantitative estimate of drug-likeness (QED) is 0.855. The van der Waals surface area contributed by atoms with Crippen molar-refractivity contribution < 1.29 is 14.2 Å². The lowest BCUT2D eigenvalue weighted by atomic mass is 9.94. The Morgan fingerprint density at radius 3 is 2.90 bits per heavy atom. The van der Waals surface area contributed by atoms with Crippen LogP contribution in [0.4, 0.5) is 0 Å². The van der Waals surface area contributed by atoms with Gasteiger partial charge in [0.2, 0.25) is 0 Å². The monoisotopic (exact) mass is 273 g/mol. The Labute approximate surface area is 116 Å². The lowest BCUT2D eigenvalue weighted by molar-refractivity contribution is 0.0448. The van der Waals surface area contributed by atoms with Crippen LogP contribution in [0.1, 0.15) is 34.2 Å². The molecule has 1 aromatic carbocycles. The predicted molar refractivity (Wildman–Crippen MR) is 70.4 cm³/mol. The van der Waals surface area contributed by atoms with Crippen molar-refractivity contribution in [2.75, 3.05) is 13.7 Å². The van der Waals surface area contributed by atoms with E-state index in [0.29, 0.717) is 12.2 Å². The van der Waals surface area contributed by atoms with Crippen molar-refractivity contribution >= 4 is 5.91 Å². The highest BCUT2D eigenvalue weighted by Crippen LogP contribution is 2.35. The van der Waals surface area contributed by atoms with Crippen LogP contribution >= 0.6 is 0 Å². The first-order valence-electron chi connectivity index (χ1n) is 6.45. The Kier molecular flexibility index (Phi) is 3.14. The normalized spacial score (nSPS) is 17.7. The van der Waals surface area contributed by atoms with Gasteiger partial charge in [0, 0.05) is 6.54 Å². The molecule has 0 N–H and O–H groups in total. The molecule has 6 heteroatoms. The summed E-state index contributed by atoms with van der Waals surface area (Å²) in [6, 6.07) is 7.84. The number of carbonyl (C=O) groups is 1. The van der Waals surface area contributed by atoms with Crippen molar-refractivity contribution in [2.45, 2.75) is 19.4 Å². The van der Waals surface area contributed by atoms with Gasteiger partial charge >= 0.3 is 0 Å². The number of aromatic nitrogens is 2. The molecule has 1 unspecified atom stereocenters. The molecule has 0 bridgehead atoms. The maximum atomic E-state index is 12.4. The van der Waals surface area contributed by atoms with Gasteiger partial charge in [0.25, 0.3) is 5.91 Å². The van der Waals surface area contributed by atoms with Crippen LogP contribution in [0.15, 0.2) is 28.9 Å². The zero-order valence-corrected chi connectivity index (χ0v) is 11.4. The van der Waals surface area contributed by atoms with Gasteiger partial charge in [-0.2, -0.15) is 0 Å². The minimum atomic E-state index is -0.136. The molecule has 1 amide bonds. The number of benzene rings is 1. The van der Waals surface area contributed by atoms with Crippen LogP contribution in [0.25, 0.3) is 0 Å². The number of rotatable bonds is 3. The zero-order valence-electron chi connectivity index (χ0n) is 11.4. The van der Waals surface area contributed by atoms with Gasteiger partial charge < -0.3 is 9.64 Å². The standard InChI is InChI=1S/C14H15N3O3/c1-9-13(16-20-15-9)14(18)17-7-6-12(17)10-4-3-5-11(8-10)19-2/h3-5,8,12H,6-7H2,1-2H3. The van der Waals surface area contributed by atoms with Crippen molar-refractivity contribution in [2.24, 2.45) is 0 Å². The second-order valence-corrected chi connectivity index (χ2v) is 4.78. The van der Waals surface area contributed by atoms with E-state index in [1.54, 1.807) is 18.9 Å². The molecular formula is C14H15N3O3. The smallest absolute Gasteiger partial charge is 0.278 e. The molecule has 1 aliphatic rings. The maximum Gasteiger partial charge on any atom is 0.278 e. The summed E-state index contributed by atoms with van der Waals surface area (Å²) in [5, 5.41) is 7.33. The molecule has 20 heavy (non-hydrogen) atoms. The highest BCUT2D eigenvalue weighted by Gasteiger charge is 2.36. The fourth-order valence-electron chi connectivity index (χ4n) is 2.39. The van der Waals surface area contributed by atoms with Crippen LogP contribution in [0, 0.1) is 6.92 Å². The summed E-state index contributed by atoms with van der Waals surface area (Å²) < 4.78 is 9.82. The SMILES string of the molecule is COc1cccc(C2CCN2C(=O)c2nonc2C)c1. The molecule has 0 aliphatic carbocycles. The Morgan fingerprint density at radius 1 is 1.45 bits per heavy atom. The molecule has 104 valence electrons. The van der Waals surface area contributed by atoms with Crippen molar-refractivity contribution in [3.8, 4) is 5.75 Å². The average Bonchev–Trinajstić information content (AvgIpc) is 2.84. The van der Waals surface area contributed by atoms with E-state index in [4.69, 9.17) is 4.74 Å². The lowest BCUT2D eigenvalue weighted by Gasteiger charge is -2.41. The molecule has 6 nitrogen and oxygen atoms in total. The van der Waals surface area contributed by atoms with Crippen molar-refractivity contribution in [3.63, 3.8) is 0 Å². The number of hydrogen-bond donors (Lipinski definition) is 0. The van der Waals surface area contributed by atoms with Crippen molar-refractivity contribution in [3.05, 3.63) is 41.2 Å². The number of ether oxygens (including phenoxy) is 1. The topological polar surface area (TPSA) is 68.5 Å². The summed E-state index contributed by atoms with van der Waals surface area (Å²) in [7, 11) is 1.63. The second-order valence-electron chi connectivity index (χ2n) is 4.78. The number of carbonyl (C=O) groups excluding carboxylic acids is 1. The Morgan fingerprint density at radius 2 is 2.30 bits per heavy atom. The first kappa shape index (κ1) is 12.7. The first-order chi connectivity index (χ1) is 9.70.